The number of aromatic nitrogens is 4. The van der Waals surface area contributed by atoms with Gasteiger partial charge in [0, 0.05) is 12.4 Å². The molecule has 3 rings (SSSR count). The third-order valence-corrected chi connectivity index (χ3v) is 2.60. The molecule has 0 aliphatic rings. The highest BCUT2D eigenvalue weighted by Crippen LogP contribution is 2.15. The topological polar surface area (TPSA) is 76.2 Å². The van der Waals surface area contributed by atoms with Crippen LogP contribution < -0.4 is 5.49 Å². The van der Waals surface area contributed by atoms with Crippen molar-refractivity contribution in [2.24, 2.45) is 4.99 Å². The second-order valence-corrected chi connectivity index (χ2v) is 3.99. The number of pyridine rings is 2. The van der Waals surface area contributed by atoms with Crippen LogP contribution in [-0.4, -0.2) is 24.9 Å². The molecule has 0 amide bonds. The maximum atomic E-state index is 9.62. The lowest BCUT2D eigenvalue weighted by Gasteiger charge is -2.00. The number of hydrogen-bond donors (Lipinski definition) is 1. The third kappa shape index (κ3) is 2.54. The average Bonchev–Trinajstić information content (AvgIpc) is 2.51. The normalized spacial score (nSPS) is 11.5. The van der Waals surface area contributed by atoms with Gasteiger partial charge in [0.25, 0.3) is 0 Å². The zero-order chi connectivity index (χ0) is 13.8. The Balaban J connectivity index is 2.05. The van der Waals surface area contributed by atoms with Crippen LogP contribution in [0.25, 0.3) is 11.4 Å². The highest BCUT2D eigenvalue weighted by atomic mass is 16.5. The van der Waals surface area contributed by atoms with E-state index in [0.717, 1.165) is 10.4 Å². The van der Waals surface area contributed by atoms with Gasteiger partial charge in [-0.15, -0.1) is 0 Å². The van der Waals surface area contributed by atoms with E-state index >= 15 is 0 Å². The maximum absolute atomic E-state index is 9.62. The lowest BCUT2D eigenvalue weighted by atomic mass is 10.3. The fourth-order valence-electron chi connectivity index (χ4n) is 1.68. The molecule has 0 aromatic carbocycles. The molecule has 6 nitrogen and oxygen atoms in total. The summed E-state index contributed by atoms with van der Waals surface area (Å²) >= 11 is 0. The fraction of sp³-hybridized carbons (Fsp3) is 0. The van der Waals surface area contributed by atoms with Crippen molar-refractivity contribution in [3.05, 3.63) is 66.7 Å². The quantitative estimate of drug-likeness (QED) is 0.717. The monoisotopic (exact) mass is 265 g/mol. The van der Waals surface area contributed by atoms with Crippen LogP contribution in [0.3, 0.4) is 0 Å². The van der Waals surface area contributed by atoms with Crippen molar-refractivity contribution in [2.75, 3.05) is 0 Å². The smallest absolute Gasteiger partial charge is 0.173 e. The Morgan fingerprint density at radius 2 is 1.90 bits per heavy atom. The zero-order valence-electron chi connectivity index (χ0n) is 10.5. The van der Waals surface area contributed by atoms with Crippen molar-refractivity contribution in [2.45, 2.75) is 0 Å². The van der Waals surface area contributed by atoms with Crippen LogP contribution in [0.4, 0.5) is 5.82 Å². The molecule has 1 N–H and O–H groups in total. The minimum absolute atomic E-state index is 0.375. The molecule has 0 radical (unpaired) electrons. The zero-order valence-corrected chi connectivity index (χ0v) is 10.5. The maximum Gasteiger partial charge on any atom is 0.173 e. The number of rotatable bonds is 2. The lowest BCUT2D eigenvalue weighted by Crippen LogP contribution is -2.16. The van der Waals surface area contributed by atoms with Crippen molar-refractivity contribution in [1.82, 2.24) is 19.7 Å². The molecular weight excluding hydrogens is 254 g/mol. The molecule has 3 heterocycles. The highest BCUT2D eigenvalue weighted by Gasteiger charge is 2.02. The summed E-state index contributed by atoms with van der Waals surface area (Å²) in [4.78, 5) is 16.9. The molecular formula is C14H11N5O. The van der Waals surface area contributed by atoms with Crippen molar-refractivity contribution in [3.63, 3.8) is 0 Å². The van der Waals surface area contributed by atoms with E-state index in [4.69, 9.17) is 0 Å². The van der Waals surface area contributed by atoms with Gasteiger partial charge in [-0.2, -0.15) is 4.73 Å². The van der Waals surface area contributed by atoms with Gasteiger partial charge in [-0.05, 0) is 24.3 Å². The second-order valence-electron chi connectivity index (χ2n) is 3.99. The first-order chi connectivity index (χ1) is 9.83. The van der Waals surface area contributed by atoms with E-state index in [1.165, 1.54) is 12.4 Å². The summed E-state index contributed by atoms with van der Waals surface area (Å²) in [6.45, 7) is 0. The molecule has 0 bridgehead atoms. The van der Waals surface area contributed by atoms with Crippen molar-refractivity contribution < 1.29 is 5.21 Å². The Hall–Kier alpha value is -3.02. The minimum atomic E-state index is 0.375. The molecule has 0 aliphatic carbocycles. The first kappa shape index (κ1) is 12.0. The van der Waals surface area contributed by atoms with Gasteiger partial charge < -0.3 is 5.21 Å². The second kappa shape index (κ2) is 5.31. The predicted octanol–water partition coefficient (Wildman–Crippen LogP) is 1.81. The SMILES string of the molecule is On1ccccc1=Nc1cncc(-c2ccccn2)n1. The van der Waals surface area contributed by atoms with Crippen LogP contribution in [0.2, 0.25) is 0 Å². The Kier molecular flexibility index (Phi) is 3.20. The van der Waals surface area contributed by atoms with Crippen LogP contribution in [0.15, 0.2) is 66.2 Å². The van der Waals surface area contributed by atoms with Crippen molar-refractivity contribution in [1.29, 1.82) is 0 Å². The molecule has 0 saturated heterocycles. The Morgan fingerprint density at radius 3 is 2.70 bits per heavy atom. The molecule has 0 atom stereocenters. The largest absolute Gasteiger partial charge is 0.427 e. The van der Waals surface area contributed by atoms with E-state index in [1.807, 2.05) is 18.2 Å². The van der Waals surface area contributed by atoms with Gasteiger partial charge >= 0.3 is 0 Å². The van der Waals surface area contributed by atoms with Gasteiger partial charge in [0.2, 0.25) is 0 Å². The summed E-state index contributed by atoms with van der Waals surface area (Å²) in [6, 6.07) is 10.7. The van der Waals surface area contributed by atoms with E-state index in [0.29, 0.717) is 17.0 Å². The summed E-state index contributed by atoms with van der Waals surface area (Å²) in [7, 11) is 0. The first-order valence-corrected chi connectivity index (χ1v) is 5.98. The van der Waals surface area contributed by atoms with E-state index in [2.05, 4.69) is 19.9 Å². The van der Waals surface area contributed by atoms with E-state index in [-0.39, 0.29) is 0 Å². The van der Waals surface area contributed by atoms with Gasteiger partial charge in [0.15, 0.2) is 11.3 Å². The Bertz CT molecular complexity index is 783. The van der Waals surface area contributed by atoms with Gasteiger partial charge in [-0.3, -0.25) is 9.97 Å². The van der Waals surface area contributed by atoms with Crippen LogP contribution in [0.5, 0.6) is 0 Å². The molecule has 0 spiro atoms. The number of nitrogens with zero attached hydrogens (tertiary/aromatic N) is 5. The molecule has 0 saturated carbocycles. The third-order valence-electron chi connectivity index (χ3n) is 2.60. The van der Waals surface area contributed by atoms with Gasteiger partial charge in [0.05, 0.1) is 18.1 Å². The minimum Gasteiger partial charge on any atom is -0.427 e. The molecule has 3 aromatic heterocycles. The standard InChI is InChI=1S/C14H11N5O/c20-19-8-4-2-6-14(19)18-13-10-15-9-12(17-13)11-5-1-3-7-16-11/h1-10,20H. The number of hydrogen-bond acceptors (Lipinski definition) is 5. The van der Waals surface area contributed by atoms with Crippen LogP contribution in [0, 0.1) is 0 Å². The summed E-state index contributed by atoms with van der Waals surface area (Å²) in [6.07, 6.45) is 6.34. The molecule has 3 aromatic rings. The predicted molar refractivity (Wildman–Crippen MR) is 72.1 cm³/mol. The van der Waals surface area contributed by atoms with Crippen molar-refractivity contribution in [3.8, 4) is 11.4 Å². The molecule has 98 valence electrons. The summed E-state index contributed by atoms with van der Waals surface area (Å²) in [5, 5.41) is 9.62. The summed E-state index contributed by atoms with van der Waals surface area (Å²) in [5.74, 6) is 0.405. The first-order valence-electron chi connectivity index (χ1n) is 5.98. The van der Waals surface area contributed by atoms with E-state index in [1.54, 1.807) is 30.6 Å². The van der Waals surface area contributed by atoms with Gasteiger partial charge in [-0.1, -0.05) is 12.1 Å². The molecule has 0 unspecified atom stereocenters. The average molecular weight is 265 g/mol. The van der Waals surface area contributed by atoms with E-state index < -0.39 is 0 Å². The van der Waals surface area contributed by atoms with Gasteiger partial charge in [0.1, 0.15) is 5.69 Å². The molecule has 20 heavy (non-hydrogen) atoms. The summed E-state index contributed by atoms with van der Waals surface area (Å²) in [5.41, 5.74) is 1.73. The molecule has 6 heteroatoms. The molecule has 0 fully saturated rings. The Morgan fingerprint density at radius 1 is 1.00 bits per heavy atom. The van der Waals surface area contributed by atoms with Gasteiger partial charge in [-0.25, -0.2) is 9.98 Å². The Labute approximate surface area is 114 Å². The lowest BCUT2D eigenvalue weighted by molar-refractivity contribution is 0.172. The van der Waals surface area contributed by atoms with Crippen molar-refractivity contribution >= 4 is 5.82 Å². The fourth-order valence-corrected chi connectivity index (χ4v) is 1.68. The van der Waals surface area contributed by atoms with Crippen LogP contribution in [-0.2, 0) is 0 Å². The molecule has 0 aliphatic heterocycles. The van der Waals surface area contributed by atoms with E-state index in [9.17, 15) is 5.21 Å². The van der Waals surface area contributed by atoms with Crippen LogP contribution in [0.1, 0.15) is 0 Å². The summed E-state index contributed by atoms with van der Waals surface area (Å²) < 4.78 is 0.926. The van der Waals surface area contributed by atoms with Crippen LogP contribution >= 0.6 is 0 Å². The highest BCUT2D eigenvalue weighted by molar-refractivity contribution is 5.53.